The molecule has 0 atom stereocenters. The number of non-ortho nitro benzene ring substituents is 1. The molecule has 174 valence electrons. The predicted molar refractivity (Wildman–Crippen MR) is 113 cm³/mol. The number of anilines is 1. The first-order valence-corrected chi connectivity index (χ1v) is 9.20. The van der Waals surface area contributed by atoms with Crippen molar-refractivity contribution in [3.63, 3.8) is 0 Å². The molecule has 2 aromatic rings. The van der Waals surface area contributed by atoms with E-state index in [2.05, 4.69) is 16.2 Å². The van der Waals surface area contributed by atoms with Crippen molar-refractivity contribution < 1.29 is 32.8 Å². The molecule has 14 nitrogen and oxygen atoms in total. The molecule has 0 aliphatic heterocycles. The van der Waals surface area contributed by atoms with Crippen LogP contribution in [-0.2, 0) is 19.7 Å². The molecule has 31 heavy (non-hydrogen) atoms. The van der Waals surface area contributed by atoms with Gasteiger partial charge < -0.3 is 15.3 Å². The van der Waals surface area contributed by atoms with Gasteiger partial charge in [0, 0.05) is 17.8 Å². The number of hydrazine groups is 2. The van der Waals surface area contributed by atoms with Crippen LogP contribution in [0.5, 0.6) is 5.75 Å². The van der Waals surface area contributed by atoms with E-state index in [1.807, 2.05) is 0 Å². The van der Waals surface area contributed by atoms with Crippen LogP contribution in [0.15, 0.2) is 53.4 Å². The minimum Gasteiger partial charge on any atom is -0.497 e. The molecule has 0 unspecified atom stereocenters. The molecule has 2 aromatic carbocycles. The Morgan fingerprint density at radius 1 is 1.13 bits per heavy atom. The van der Waals surface area contributed by atoms with Gasteiger partial charge in [0.1, 0.15) is 5.75 Å². The molecular formula is C15H23ClN6O8S. The number of sulfonamides is 1. The van der Waals surface area contributed by atoms with Crippen LogP contribution in [-0.4, -0.2) is 38.1 Å². The van der Waals surface area contributed by atoms with Crippen molar-refractivity contribution in [3.8, 4) is 5.75 Å². The Kier molecular flexibility index (Phi) is 15.3. The Morgan fingerprint density at radius 3 is 1.94 bits per heavy atom. The molecule has 0 saturated carbocycles. The van der Waals surface area contributed by atoms with Gasteiger partial charge in [-0.05, 0) is 36.4 Å². The minimum atomic E-state index is -3.55. The Bertz CT molecular complexity index is 897. The number of nitro groups is 1. The number of nitrogens with zero attached hydrogens (tertiary/aromatic N) is 1. The lowest BCUT2D eigenvalue weighted by molar-refractivity contribution is -0.384. The molecule has 0 radical (unpaired) electrons. The molecule has 0 aromatic heterocycles. The standard InChI is InChI=1S/C7H10N2O3S.C6H7N3O2.C2H5NO3.ClH/c1-12-6-2-4-7(5-3-6)13(10,11)9-8;7-8-5-1-3-6(4-2-5)9(10)11;3-6-1-2(4)5;/h2-5,9H,8H2,1H3;1-4,8H,7H2;1,3H2,(H,4,5);1H. The van der Waals surface area contributed by atoms with Gasteiger partial charge in [0.2, 0.25) is 0 Å². The predicted octanol–water partition coefficient (Wildman–Crippen LogP) is 0.111. The van der Waals surface area contributed by atoms with Gasteiger partial charge in [-0.25, -0.2) is 19.1 Å². The largest absolute Gasteiger partial charge is 0.497 e. The summed E-state index contributed by atoms with van der Waals surface area (Å²) >= 11 is 0. The first kappa shape index (κ1) is 30.1. The third kappa shape index (κ3) is 12.3. The summed E-state index contributed by atoms with van der Waals surface area (Å²) in [5.41, 5.74) is 3.08. The number of aliphatic carboxylic acids is 1. The van der Waals surface area contributed by atoms with Gasteiger partial charge in [0.15, 0.2) is 6.61 Å². The number of carbonyl (C=O) groups is 1. The lowest BCUT2D eigenvalue weighted by Crippen LogP contribution is -2.30. The number of rotatable bonds is 7. The van der Waals surface area contributed by atoms with Crippen molar-refractivity contribution in [3.05, 3.63) is 58.6 Å². The first-order chi connectivity index (χ1) is 14.1. The van der Waals surface area contributed by atoms with Gasteiger partial charge in [-0.3, -0.25) is 26.6 Å². The lowest BCUT2D eigenvalue weighted by atomic mass is 10.3. The van der Waals surface area contributed by atoms with Crippen LogP contribution >= 0.6 is 12.4 Å². The third-order valence-electron chi connectivity index (χ3n) is 2.98. The summed E-state index contributed by atoms with van der Waals surface area (Å²) in [5, 5.41) is 17.9. The average molecular weight is 483 g/mol. The van der Waals surface area contributed by atoms with Gasteiger partial charge in [0.05, 0.1) is 16.9 Å². The second kappa shape index (κ2) is 15.7. The number of carboxylic acids is 1. The van der Waals surface area contributed by atoms with Crippen LogP contribution in [0.3, 0.4) is 0 Å². The molecule has 0 saturated heterocycles. The number of halogens is 1. The number of carboxylic acid groups (broad SMARTS) is 1. The third-order valence-corrected chi connectivity index (χ3v) is 4.18. The van der Waals surface area contributed by atoms with E-state index in [9.17, 15) is 23.3 Å². The van der Waals surface area contributed by atoms with E-state index in [1.165, 1.54) is 43.5 Å². The van der Waals surface area contributed by atoms with Crippen LogP contribution in [0.1, 0.15) is 0 Å². The van der Waals surface area contributed by atoms with Gasteiger partial charge in [-0.15, -0.1) is 12.4 Å². The highest BCUT2D eigenvalue weighted by Gasteiger charge is 2.10. The number of nitrogens with two attached hydrogens (primary N) is 3. The van der Waals surface area contributed by atoms with Crippen LogP contribution in [0.4, 0.5) is 11.4 Å². The molecule has 0 aliphatic carbocycles. The summed E-state index contributed by atoms with van der Waals surface area (Å²) in [6.07, 6.45) is 0. The van der Waals surface area contributed by atoms with E-state index in [0.717, 1.165) is 0 Å². The summed E-state index contributed by atoms with van der Waals surface area (Å²) < 4.78 is 27.1. The van der Waals surface area contributed by atoms with Crippen molar-refractivity contribution in [1.82, 2.24) is 4.83 Å². The van der Waals surface area contributed by atoms with E-state index >= 15 is 0 Å². The second-order valence-corrected chi connectivity index (χ2v) is 6.66. The number of benzene rings is 2. The molecule has 0 heterocycles. The fourth-order valence-electron chi connectivity index (χ4n) is 1.57. The summed E-state index contributed by atoms with van der Waals surface area (Å²) in [6.45, 7) is -0.431. The normalized spacial score (nSPS) is 9.55. The van der Waals surface area contributed by atoms with Crippen LogP contribution in [0, 0.1) is 10.1 Å². The topological polar surface area (TPSA) is 235 Å². The van der Waals surface area contributed by atoms with Gasteiger partial charge in [-0.1, -0.05) is 0 Å². The summed E-state index contributed by atoms with van der Waals surface area (Å²) in [6, 6.07) is 11.8. The Balaban J connectivity index is 0. The molecule has 0 bridgehead atoms. The number of ether oxygens (including phenoxy) is 1. The summed E-state index contributed by atoms with van der Waals surface area (Å²) in [7, 11) is -2.05. The molecule has 16 heteroatoms. The van der Waals surface area contributed by atoms with Crippen LogP contribution in [0.2, 0.25) is 0 Å². The smallest absolute Gasteiger partial charge is 0.331 e. The van der Waals surface area contributed by atoms with E-state index in [4.69, 9.17) is 21.5 Å². The highest BCUT2D eigenvalue weighted by atomic mass is 35.5. The van der Waals surface area contributed by atoms with Gasteiger partial charge in [0.25, 0.3) is 15.7 Å². The zero-order chi connectivity index (χ0) is 23.2. The zero-order valence-electron chi connectivity index (χ0n) is 16.1. The first-order valence-electron chi connectivity index (χ1n) is 7.72. The van der Waals surface area contributed by atoms with Crippen molar-refractivity contribution in [1.29, 1.82) is 0 Å². The number of hydrogen-bond acceptors (Lipinski definition) is 11. The highest BCUT2D eigenvalue weighted by Crippen LogP contribution is 2.15. The van der Waals surface area contributed by atoms with Gasteiger partial charge >= 0.3 is 5.97 Å². The van der Waals surface area contributed by atoms with Gasteiger partial charge in [-0.2, -0.15) is 4.83 Å². The second-order valence-electron chi connectivity index (χ2n) is 4.95. The molecule has 2 rings (SSSR count). The molecule has 0 aliphatic rings. The van der Waals surface area contributed by atoms with E-state index in [-0.39, 0.29) is 23.0 Å². The fourth-order valence-corrected chi connectivity index (χ4v) is 2.20. The van der Waals surface area contributed by atoms with E-state index < -0.39 is 27.5 Å². The lowest BCUT2D eigenvalue weighted by Gasteiger charge is -2.02. The molecular weight excluding hydrogens is 460 g/mol. The highest BCUT2D eigenvalue weighted by molar-refractivity contribution is 7.89. The molecule has 0 fully saturated rings. The van der Waals surface area contributed by atoms with Crippen molar-refractivity contribution >= 4 is 39.8 Å². The fraction of sp³-hybridized carbons (Fsp3) is 0.133. The maximum absolute atomic E-state index is 11.1. The Hall–Kier alpha value is -3.05. The number of nitrogens with one attached hydrogen (secondary N) is 2. The monoisotopic (exact) mass is 482 g/mol. The van der Waals surface area contributed by atoms with Crippen LogP contribution < -0.4 is 32.6 Å². The number of nitrogen functional groups attached to an aromatic ring is 1. The maximum Gasteiger partial charge on any atom is 0.331 e. The number of hydrogen-bond donors (Lipinski definition) is 6. The Labute approximate surface area is 183 Å². The van der Waals surface area contributed by atoms with E-state index in [0.29, 0.717) is 11.4 Å². The quantitative estimate of drug-likeness (QED) is 0.175. The number of methoxy groups -OCH3 is 1. The molecule has 9 N–H and O–H groups in total. The summed E-state index contributed by atoms with van der Waals surface area (Å²) in [5.74, 6) is 13.8. The van der Waals surface area contributed by atoms with Crippen molar-refractivity contribution in [2.24, 2.45) is 17.6 Å². The van der Waals surface area contributed by atoms with Crippen LogP contribution in [0.25, 0.3) is 0 Å². The molecule has 0 spiro atoms. The van der Waals surface area contributed by atoms with E-state index in [1.54, 1.807) is 17.0 Å². The van der Waals surface area contributed by atoms with Crippen molar-refractivity contribution in [2.75, 3.05) is 19.1 Å². The zero-order valence-corrected chi connectivity index (χ0v) is 17.8. The van der Waals surface area contributed by atoms with Crippen molar-refractivity contribution in [2.45, 2.75) is 4.90 Å². The number of nitro benzene ring substituents is 1. The molecule has 0 amide bonds. The minimum absolute atomic E-state index is 0. The Morgan fingerprint density at radius 2 is 1.65 bits per heavy atom. The maximum atomic E-state index is 11.1. The summed E-state index contributed by atoms with van der Waals surface area (Å²) in [4.78, 5) is 24.6. The average Bonchev–Trinajstić information content (AvgIpc) is 2.74. The SMILES string of the molecule is COc1ccc(S(=O)(=O)NN)cc1.Cl.NNc1ccc([N+](=O)[O-])cc1.NOCC(=O)O.